The largest absolute Gasteiger partial charge is 0.400 e. The van der Waals surface area contributed by atoms with E-state index in [1.807, 2.05) is 0 Å². The first-order chi connectivity index (χ1) is 5.47. The van der Waals surface area contributed by atoms with Crippen molar-refractivity contribution in [3.05, 3.63) is 35.5 Å². The molecule has 0 unspecified atom stereocenters. The van der Waals surface area contributed by atoms with Crippen molar-refractivity contribution in [3.8, 4) is 0 Å². The fraction of sp³-hybridized carbons (Fsp3) is 0.333. The Kier molecular flexibility index (Phi) is 3.08. The number of hydrogen-bond acceptors (Lipinski definition) is 2. The number of hydrogen-bond donors (Lipinski definition) is 1. The maximum absolute atomic E-state index is 7.00. The lowest BCUT2D eigenvalue weighted by atomic mass is 10.1. The summed E-state index contributed by atoms with van der Waals surface area (Å²) in [6.45, 7) is 1.57. The van der Waals surface area contributed by atoms with E-state index in [0.717, 1.165) is 20.3 Å². The lowest BCUT2D eigenvalue weighted by Crippen LogP contribution is -2.04. The molecule has 0 aromatic carbocycles. The van der Waals surface area contributed by atoms with Crippen LogP contribution < -0.4 is 0 Å². The summed E-state index contributed by atoms with van der Waals surface area (Å²) >= 11 is 0. The van der Waals surface area contributed by atoms with Crippen molar-refractivity contribution >= 4 is 0 Å². The molecule has 0 saturated heterocycles. The van der Waals surface area contributed by atoms with E-state index in [1.54, 1.807) is 0 Å². The van der Waals surface area contributed by atoms with Gasteiger partial charge in [-0.1, -0.05) is 24.3 Å². The Morgan fingerprint density at radius 3 is 3.00 bits per heavy atom. The third kappa shape index (κ3) is 1.79. The second kappa shape index (κ2) is 4.11. The van der Waals surface area contributed by atoms with Gasteiger partial charge in [-0.15, -0.1) is 0 Å². The molecule has 0 amide bonds. The molecule has 1 heterocycles. The van der Waals surface area contributed by atoms with Gasteiger partial charge in [0.1, 0.15) is 0 Å². The van der Waals surface area contributed by atoms with E-state index in [-0.39, 0.29) is 0 Å². The number of aliphatic hydroxyl groups excluding tert-OH is 1. The van der Waals surface area contributed by atoms with Crippen LogP contribution in [-0.4, -0.2) is 25.4 Å². The summed E-state index contributed by atoms with van der Waals surface area (Å²) < 4.78 is 5.20. The Balaban J connectivity index is 0.000000281. The van der Waals surface area contributed by atoms with E-state index in [4.69, 9.17) is 9.84 Å². The minimum Gasteiger partial charge on any atom is -0.400 e. The molecule has 2 rings (SSSR count). The van der Waals surface area contributed by atoms with Crippen molar-refractivity contribution < 1.29 is 9.84 Å². The van der Waals surface area contributed by atoms with Crippen LogP contribution in [0.2, 0.25) is 0 Å². The number of ether oxygens (including phenoxy) is 1. The molecule has 1 aliphatic carbocycles. The molecule has 0 aromatic heterocycles. The quantitative estimate of drug-likeness (QED) is 0.562. The Hall–Kier alpha value is -0.860. The van der Waals surface area contributed by atoms with Crippen LogP contribution in [0.25, 0.3) is 0 Å². The van der Waals surface area contributed by atoms with Gasteiger partial charge >= 0.3 is 0 Å². The van der Waals surface area contributed by atoms with Crippen molar-refractivity contribution in [3.63, 3.8) is 0 Å². The summed E-state index contributed by atoms with van der Waals surface area (Å²) in [4.78, 5) is 0. The highest BCUT2D eigenvalue weighted by Gasteiger charge is 2.09. The van der Waals surface area contributed by atoms with E-state index < -0.39 is 0 Å². The molecule has 0 spiro atoms. The molecular weight excluding hydrogens is 140 g/mol. The summed E-state index contributed by atoms with van der Waals surface area (Å²) in [6, 6.07) is 0. The van der Waals surface area contributed by atoms with Crippen molar-refractivity contribution in [2.45, 2.75) is 0 Å². The Bertz CT molecular complexity index is 212. The summed E-state index contributed by atoms with van der Waals surface area (Å²) in [5, 5.41) is 7.00. The van der Waals surface area contributed by atoms with Gasteiger partial charge in [0.15, 0.2) is 0 Å². The zero-order valence-corrected chi connectivity index (χ0v) is 6.58. The molecule has 0 radical (unpaired) electrons. The van der Waals surface area contributed by atoms with E-state index in [2.05, 4.69) is 24.3 Å². The van der Waals surface area contributed by atoms with Crippen molar-refractivity contribution in [1.29, 1.82) is 0 Å². The van der Waals surface area contributed by atoms with Gasteiger partial charge in [0.2, 0.25) is 0 Å². The highest BCUT2D eigenvalue weighted by molar-refractivity contribution is 5.49. The van der Waals surface area contributed by atoms with E-state index in [0.29, 0.717) is 0 Å². The average molecular weight is 152 g/mol. The first-order valence-electron chi connectivity index (χ1n) is 3.57. The average Bonchev–Trinajstić information content (AvgIpc) is 2.55. The van der Waals surface area contributed by atoms with Crippen LogP contribution in [-0.2, 0) is 4.74 Å². The molecule has 60 valence electrons. The lowest BCUT2D eigenvalue weighted by molar-refractivity contribution is 0.181. The molecular formula is C9H12O2. The lowest BCUT2D eigenvalue weighted by Gasteiger charge is -2.10. The molecule has 2 heteroatoms. The second-order valence-corrected chi connectivity index (χ2v) is 2.23. The zero-order valence-electron chi connectivity index (χ0n) is 6.58. The van der Waals surface area contributed by atoms with Crippen LogP contribution in [0.1, 0.15) is 0 Å². The van der Waals surface area contributed by atoms with Gasteiger partial charge in [0.05, 0.1) is 13.2 Å². The first-order valence-corrected chi connectivity index (χ1v) is 3.57. The predicted molar refractivity (Wildman–Crippen MR) is 44.3 cm³/mol. The number of fused-ring (bicyclic) bond motifs is 1. The van der Waals surface area contributed by atoms with Gasteiger partial charge in [0.25, 0.3) is 0 Å². The third-order valence-electron chi connectivity index (χ3n) is 1.62. The van der Waals surface area contributed by atoms with Gasteiger partial charge in [-0.3, -0.25) is 0 Å². The van der Waals surface area contributed by atoms with Crippen LogP contribution >= 0.6 is 0 Å². The summed E-state index contributed by atoms with van der Waals surface area (Å²) in [5.74, 6) is 0. The van der Waals surface area contributed by atoms with Gasteiger partial charge in [-0.25, -0.2) is 0 Å². The smallest absolute Gasteiger partial charge is 0.0726 e. The van der Waals surface area contributed by atoms with Crippen molar-refractivity contribution in [2.24, 2.45) is 0 Å². The topological polar surface area (TPSA) is 29.5 Å². The minimum atomic E-state index is 0.775. The van der Waals surface area contributed by atoms with Crippen LogP contribution in [0.4, 0.5) is 0 Å². The normalized spacial score (nSPS) is 19.5. The standard InChI is InChI=1S/C8H8O.CH4O/c1-2-7-4-5-9-6-8(7)3-1;1-2/h1-4H,5-6H2;2H,1H3. The van der Waals surface area contributed by atoms with E-state index in [1.165, 1.54) is 11.1 Å². The van der Waals surface area contributed by atoms with Crippen LogP contribution in [0.5, 0.6) is 0 Å². The molecule has 2 nitrogen and oxygen atoms in total. The molecule has 2 aliphatic rings. The molecule has 0 saturated carbocycles. The molecule has 0 aromatic rings. The van der Waals surface area contributed by atoms with Crippen LogP contribution in [0.15, 0.2) is 35.5 Å². The monoisotopic (exact) mass is 152 g/mol. The Morgan fingerprint density at radius 2 is 2.27 bits per heavy atom. The fourth-order valence-electron chi connectivity index (χ4n) is 1.12. The summed E-state index contributed by atoms with van der Waals surface area (Å²) in [7, 11) is 1.00. The molecule has 1 N–H and O–H groups in total. The maximum Gasteiger partial charge on any atom is 0.0726 e. The van der Waals surface area contributed by atoms with Crippen LogP contribution in [0.3, 0.4) is 0 Å². The van der Waals surface area contributed by atoms with Gasteiger partial charge in [-0.05, 0) is 11.1 Å². The number of allylic oxidation sites excluding steroid dienone is 3. The SMILES string of the molecule is C1=CC2=CCOCC2=C1.CO. The molecule has 0 fully saturated rings. The minimum absolute atomic E-state index is 0.775. The highest BCUT2D eigenvalue weighted by Crippen LogP contribution is 2.20. The van der Waals surface area contributed by atoms with Crippen molar-refractivity contribution in [1.82, 2.24) is 0 Å². The number of aliphatic hydroxyl groups is 1. The maximum atomic E-state index is 7.00. The molecule has 11 heavy (non-hydrogen) atoms. The van der Waals surface area contributed by atoms with E-state index in [9.17, 15) is 0 Å². The third-order valence-corrected chi connectivity index (χ3v) is 1.62. The summed E-state index contributed by atoms with van der Waals surface area (Å²) in [5.41, 5.74) is 2.67. The summed E-state index contributed by atoms with van der Waals surface area (Å²) in [6.07, 6.45) is 8.40. The first kappa shape index (κ1) is 8.24. The zero-order chi connectivity index (χ0) is 8.10. The molecule has 0 bridgehead atoms. The predicted octanol–water partition coefficient (Wildman–Crippen LogP) is 1.05. The molecule has 1 aliphatic heterocycles. The van der Waals surface area contributed by atoms with Gasteiger partial charge in [-0.2, -0.15) is 0 Å². The highest BCUT2D eigenvalue weighted by atomic mass is 16.5. The Morgan fingerprint density at radius 1 is 1.45 bits per heavy atom. The number of rotatable bonds is 0. The Labute approximate surface area is 66.5 Å². The van der Waals surface area contributed by atoms with Gasteiger partial charge in [0, 0.05) is 7.11 Å². The van der Waals surface area contributed by atoms with Gasteiger partial charge < -0.3 is 9.84 Å². The van der Waals surface area contributed by atoms with E-state index >= 15 is 0 Å². The second-order valence-electron chi connectivity index (χ2n) is 2.23. The van der Waals surface area contributed by atoms with Crippen LogP contribution in [0, 0.1) is 0 Å². The molecule has 0 atom stereocenters. The fourth-order valence-corrected chi connectivity index (χ4v) is 1.12. The van der Waals surface area contributed by atoms with Crippen molar-refractivity contribution in [2.75, 3.05) is 20.3 Å².